The van der Waals surface area contributed by atoms with Crippen LogP contribution in [0.25, 0.3) is 11.0 Å². The molecule has 1 amide bonds. The summed E-state index contributed by atoms with van der Waals surface area (Å²) < 4.78 is 0. The van der Waals surface area contributed by atoms with Gasteiger partial charge in [-0.15, -0.1) is 0 Å². The molecule has 3 rings (SSSR count). The van der Waals surface area contributed by atoms with E-state index in [2.05, 4.69) is 9.97 Å². The molecule has 1 fully saturated rings. The van der Waals surface area contributed by atoms with Gasteiger partial charge < -0.3 is 10.0 Å². The maximum Gasteiger partial charge on any atom is 0.308 e. The molecule has 0 saturated carbocycles. The normalized spacial score (nSPS) is 18.4. The van der Waals surface area contributed by atoms with Crippen molar-refractivity contribution < 1.29 is 14.7 Å². The number of aliphatic carboxylic acids is 1. The molecule has 6 nitrogen and oxygen atoms in total. The molecule has 0 aliphatic carbocycles. The van der Waals surface area contributed by atoms with Gasteiger partial charge in [-0.2, -0.15) is 0 Å². The predicted molar refractivity (Wildman–Crippen MR) is 71.2 cm³/mol. The Morgan fingerprint density at radius 3 is 2.70 bits per heavy atom. The zero-order valence-electron chi connectivity index (χ0n) is 10.7. The highest BCUT2D eigenvalue weighted by molar-refractivity contribution is 5.94. The fourth-order valence-electron chi connectivity index (χ4n) is 2.37. The number of amides is 1. The molecule has 2 heterocycles. The van der Waals surface area contributed by atoms with E-state index >= 15 is 0 Å². The zero-order valence-corrected chi connectivity index (χ0v) is 10.7. The maximum absolute atomic E-state index is 12.3. The second kappa shape index (κ2) is 4.88. The molecule has 1 saturated heterocycles. The van der Waals surface area contributed by atoms with Gasteiger partial charge in [0.1, 0.15) is 5.69 Å². The Morgan fingerprint density at radius 2 is 2.00 bits per heavy atom. The Hall–Kier alpha value is -2.50. The molecule has 0 bridgehead atoms. The monoisotopic (exact) mass is 271 g/mol. The van der Waals surface area contributed by atoms with Crippen LogP contribution in [0.15, 0.2) is 30.5 Å². The minimum absolute atomic E-state index is 0.239. The van der Waals surface area contributed by atoms with E-state index in [4.69, 9.17) is 5.11 Å². The lowest BCUT2D eigenvalue weighted by Gasteiger charge is -2.15. The molecule has 0 radical (unpaired) electrons. The number of hydrogen-bond donors (Lipinski definition) is 1. The lowest BCUT2D eigenvalue weighted by atomic mass is 10.1. The van der Waals surface area contributed by atoms with Crippen molar-refractivity contribution in [3.05, 3.63) is 36.2 Å². The van der Waals surface area contributed by atoms with Crippen LogP contribution in [0.5, 0.6) is 0 Å². The topological polar surface area (TPSA) is 83.4 Å². The molecular weight excluding hydrogens is 258 g/mol. The summed E-state index contributed by atoms with van der Waals surface area (Å²) in [5, 5.41) is 8.96. The third-order valence-electron chi connectivity index (χ3n) is 3.49. The van der Waals surface area contributed by atoms with Crippen molar-refractivity contribution in [3.8, 4) is 0 Å². The number of fused-ring (bicyclic) bond motifs is 1. The number of carbonyl (C=O) groups is 2. The predicted octanol–water partition coefficient (Wildman–Crippen LogP) is 1.18. The largest absolute Gasteiger partial charge is 0.481 e. The van der Waals surface area contributed by atoms with Crippen molar-refractivity contribution in [1.29, 1.82) is 0 Å². The van der Waals surface area contributed by atoms with Crippen molar-refractivity contribution in [2.45, 2.75) is 6.42 Å². The van der Waals surface area contributed by atoms with E-state index in [0.717, 1.165) is 5.52 Å². The van der Waals surface area contributed by atoms with Crippen LogP contribution in [-0.2, 0) is 4.79 Å². The first-order valence-electron chi connectivity index (χ1n) is 6.39. The first kappa shape index (κ1) is 12.5. The number of carboxylic acid groups (broad SMARTS) is 1. The third kappa shape index (κ3) is 2.20. The molecule has 2 aromatic rings. The van der Waals surface area contributed by atoms with E-state index in [-0.39, 0.29) is 18.1 Å². The summed E-state index contributed by atoms with van der Waals surface area (Å²) in [6.07, 6.45) is 1.93. The van der Waals surface area contributed by atoms with Crippen molar-refractivity contribution in [2.24, 2.45) is 5.92 Å². The zero-order chi connectivity index (χ0) is 14.1. The smallest absolute Gasteiger partial charge is 0.308 e. The lowest BCUT2D eigenvalue weighted by molar-refractivity contribution is -0.141. The van der Waals surface area contributed by atoms with Crippen LogP contribution >= 0.6 is 0 Å². The van der Waals surface area contributed by atoms with Crippen LogP contribution in [0.1, 0.15) is 16.9 Å². The summed E-state index contributed by atoms with van der Waals surface area (Å²) in [5.41, 5.74) is 1.65. The molecule has 0 unspecified atom stereocenters. The maximum atomic E-state index is 12.3. The highest BCUT2D eigenvalue weighted by Crippen LogP contribution is 2.19. The Morgan fingerprint density at radius 1 is 1.25 bits per heavy atom. The van der Waals surface area contributed by atoms with Crippen LogP contribution in [0, 0.1) is 5.92 Å². The highest BCUT2D eigenvalue weighted by atomic mass is 16.4. The molecule has 1 N–H and O–H groups in total. The average molecular weight is 271 g/mol. The summed E-state index contributed by atoms with van der Waals surface area (Å²) in [6, 6.07) is 7.31. The minimum Gasteiger partial charge on any atom is -0.481 e. The van der Waals surface area contributed by atoms with Crippen LogP contribution in [0.3, 0.4) is 0 Å². The fourth-order valence-corrected chi connectivity index (χ4v) is 2.37. The second-order valence-electron chi connectivity index (χ2n) is 4.82. The Balaban J connectivity index is 1.84. The molecule has 1 aromatic carbocycles. The summed E-state index contributed by atoms with van der Waals surface area (Å²) in [4.78, 5) is 33.2. The highest BCUT2D eigenvalue weighted by Gasteiger charge is 2.31. The quantitative estimate of drug-likeness (QED) is 0.886. The standard InChI is InChI=1S/C14H13N3O3/c18-13(17-6-5-9(8-17)14(19)20)12-7-15-10-3-1-2-4-11(10)16-12/h1-4,7,9H,5-6,8H2,(H,19,20)/t9-/m0/s1. The number of nitrogens with zero attached hydrogens (tertiary/aromatic N) is 3. The Bertz CT molecular complexity index is 686. The minimum atomic E-state index is -0.857. The number of likely N-dealkylation sites (tertiary alicyclic amines) is 1. The SMILES string of the molecule is O=C(O)[C@H]1CCN(C(=O)c2cnc3ccccc3n2)C1. The van der Waals surface area contributed by atoms with Gasteiger partial charge in [0, 0.05) is 13.1 Å². The Kier molecular flexibility index (Phi) is 3.06. The first-order chi connectivity index (χ1) is 9.65. The molecule has 1 atom stereocenters. The number of rotatable bonds is 2. The van der Waals surface area contributed by atoms with Crippen LogP contribution < -0.4 is 0 Å². The second-order valence-corrected chi connectivity index (χ2v) is 4.82. The van der Waals surface area contributed by atoms with Gasteiger partial charge in [0.2, 0.25) is 0 Å². The first-order valence-corrected chi connectivity index (χ1v) is 6.39. The van der Waals surface area contributed by atoms with Crippen molar-refractivity contribution in [1.82, 2.24) is 14.9 Å². The molecule has 0 spiro atoms. The summed E-state index contributed by atoms with van der Waals surface area (Å²) in [5.74, 6) is -1.59. The lowest BCUT2D eigenvalue weighted by Crippen LogP contribution is -2.30. The molecule has 1 aliphatic rings. The van der Waals surface area contributed by atoms with Gasteiger partial charge in [-0.25, -0.2) is 4.98 Å². The third-order valence-corrected chi connectivity index (χ3v) is 3.49. The number of carboxylic acids is 1. The summed E-state index contributed by atoms with van der Waals surface area (Å²) in [6.45, 7) is 0.687. The van der Waals surface area contributed by atoms with Crippen molar-refractivity contribution in [2.75, 3.05) is 13.1 Å². The van der Waals surface area contributed by atoms with E-state index in [1.54, 1.807) is 6.07 Å². The van der Waals surface area contributed by atoms with Crippen molar-refractivity contribution >= 4 is 22.9 Å². The van der Waals surface area contributed by atoms with Gasteiger partial charge >= 0.3 is 5.97 Å². The average Bonchev–Trinajstić information content (AvgIpc) is 2.96. The number of carbonyl (C=O) groups excluding carboxylic acids is 1. The molecule has 1 aliphatic heterocycles. The molecular formula is C14H13N3O3. The summed E-state index contributed by atoms with van der Waals surface area (Å²) in [7, 11) is 0. The van der Waals surface area contributed by atoms with E-state index in [0.29, 0.717) is 18.5 Å². The van der Waals surface area contributed by atoms with Gasteiger partial charge in [0.25, 0.3) is 5.91 Å². The number of para-hydroxylation sites is 2. The van der Waals surface area contributed by atoms with Gasteiger partial charge in [-0.1, -0.05) is 12.1 Å². The van der Waals surface area contributed by atoms with Crippen molar-refractivity contribution in [3.63, 3.8) is 0 Å². The van der Waals surface area contributed by atoms with E-state index in [1.807, 2.05) is 18.2 Å². The Labute approximate surface area is 115 Å². The van der Waals surface area contributed by atoms with Crippen LogP contribution in [0.4, 0.5) is 0 Å². The number of aromatic nitrogens is 2. The molecule has 102 valence electrons. The molecule has 6 heteroatoms. The van der Waals surface area contributed by atoms with Gasteiger partial charge in [-0.3, -0.25) is 14.6 Å². The van der Waals surface area contributed by atoms with Crippen LogP contribution in [-0.4, -0.2) is 44.9 Å². The number of benzene rings is 1. The fraction of sp³-hybridized carbons (Fsp3) is 0.286. The molecule has 20 heavy (non-hydrogen) atoms. The van der Waals surface area contributed by atoms with Gasteiger partial charge in [-0.05, 0) is 18.6 Å². The van der Waals surface area contributed by atoms with Gasteiger partial charge in [0.15, 0.2) is 0 Å². The van der Waals surface area contributed by atoms with E-state index < -0.39 is 11.9 Å². The van der Waals surface area contributed by atoms with E-state index in [9.17, 15) is 9.59 Å². The summed E-state index contributed by atoms with van der Waals surface area (Å²) >= 11 is 0. The van der Waals surface area contributed by atoms with E-state index in [1.165, 1.54) is 11.1 Å². The van der Waals surface area contributed by atoms with Crippen LogP contribution in [0.2, 0.25) is 0 Å². The molecule has 1 aromatic heterocycles. The van der Waals surface area contributed by atoms with Gasteiger partial charge in [0.05, 0.1) is 23.1 Å². The number of hydrogen-bond acceptors (Lipinski definition) is 4.